The highest BCUT2D eigenvalue weighted by Gasteiger charge is 2.19. The van der Waals surface area contributed by atoms with Crippen LogP contribution in [0.4, 0.5) is 11.6 Å². The fraction of sp³-hybridized carbons (Fsp3) is 0.474. The zero-order chi connectivity index (χ0) is 38.6. The number of ether oxygens (including phenoxy) is 4. The number of aromatic nitrogens is 4. The fourth-order valence-corrected chi connectivity index (χ4v) is 6.46. The first-order chi connectivity index (χ1) is 24.7. The van der Waals surface area contributed by atoms with Gasteiger partial charge in [0.15, 0.2) is 28.2 Å². The van der Waals surface area contributed by atoms with Crippen molar-refractivity contribution in [3.63, 3.8) is 0 Å². The molecule has 0 aliphatic carbocycles. The lowest BCUT2D eigenvalue weighted by molar-refractivity contribution is 0.354. The van der Waals surface area contributed by atoms with Crippen LogP contribution in [0.15, 0.2) is 47.0 Å². The molecule has 0 saturated heterocycles. The minimum atomic E-state index is -3.47. The van der Waals surface area contributed by atoms with Crippen LogP contribution in [0, 0.1) is 0 Å². The number of benzene rings is 2. The first-order valence-electron chi connectivity index (χ1n) is 17.2. The van der Waals surface area contributed by atoms with Crippen molar-refractivity contribution < 1.29 is 27.4 Å². The number of hydrogen-bond acceptors (Lipinski definition) is 13. The molecule has 14 heteroatoms. The molecule has 0 aliphatic rings. The van der Waals surface area contributed by atoms with Crippen molar-refractivity contribution in [2.24, 2.45) is 0 Å². The van der Waals surface area contributed by atoms with Gasteiger partial charge in [0.05, 0.1) is 28.4 Å². The van der Waals surface area contributed by atoms with Gasteiger partial charge in [-0.1, -0.05) is 39.5 Å². The standard InChI is InChI=1S/C19H27N3O4S.C19H27N3O2S/c1-7-20-18-14(11-21-19(22-18)27(6,23)24)8-13-9-16(25-4)17(26-5)10-15(13)12(2)3;1-7-20-18-14(11-21-19(22-18)25-6)8-13-9-16(23-4)17(24-5)10-15(13)12(2)3/h9-12H,7-8H2,1-6H3,(H,20,21,22);9-12H,7-8H2,1-6H3,(H,20,21,22). The summed E-state index contributed by atoms with van der Waals surface area (Å²) in [6, 6.07) is 8.07. The molecule has 0 saturated carbocycles. The van der Waals surface area contributed by atoms with Gasteiger partial charge in [-0.2, -0.15) is 0 Å². The second-order valence-corrected chi connectivity index (χ2v) is 15.2. The van der Waals surface area contributed by atoms with Crippen LogP contribution in [0.1, 0.15) is 86.8 Å². The van der Waals surface area contributed by atoms with E-state index in [0.717, 1.165) is 63.9 Å². The Kier molecular flexibility index (Phi) is 15.8. The minimum absolute atomic E-state index is 0.182. The molecule has 284 valence electrons. The number of rotatable bonds is 16. The van der Waals surface area contributed by atoms with Crippen LogP contribution >= 0.6 is 11.8 Å². The Morgan fingerprint density at radius 2 is 1.06 bits per heavy atom. The van der Waals surface area contributed by atoms with Gasteiger partial charge in [0.2, 0.25) is 15.0 Å². The molecule has 0 amide bonds. The summed E-state index contributed by atoms with van der Waals surface area (Å²) in [4.78, 5) is 17.3. The van der Waals surface area contributed by atoms with Crippen molar-refractivity contribution in [3.05, 3.63) is 70.0 Å². The van der Waals surface area contributed by atoms with E-state index in [9.17, 15) is 8.42 Å². The molecule has 0 bridgehead atoms. The lowest BCUT2D eigenvalue weighted by Gasteiger charge is -2.18. The molecule has 2 N–H and O–H groups in total. The summed E-state index contributed by atoms with van der Waals surface area (Å²) in [5, 5.41) is 7.08. The van der Waals surface area contributed by atoms with Crippen molar-refractivity contribution in [1.29, 1.82) is 0 Å². The molecule has 0 fully saturated rings. The van der Waals surface area contributed by atoms with Crippen LogP contribution in [0.2, 0.25) is 0 Å². The van der Waals surface area contributed by atoms with Crippen molar-refractivity contribution in [3.8, 4) is 23.0 Å². The maximum absolute atomic E-state index is 11.8. The molecule has 2 heterocycles. The topological polar surface area (TPSA) is 147 Å². The van der Waals surface area contributed by atoms with Crippen molar-refractivity contribution >= 4 is 33.2 Å². The van der Waals surface area contributed by atoms with Crippen LogP contribution in [-0.2, 0) is 22.7 Å². The number of nitrogens with zero attached hydrogens (tertiary/aromatic N) is 4. The van der Waals surface area contributed by atoms with Crippen molar-refractivity contribution in [2.75, 3.05) is 64.7 Å². The minimum Gasteiger partial charge on any atom is -0.493 e. The lowest BCUT2D eigenvalue weighted by atomic mass is 9.92. The van der Waals surface area contributed by atoms with E-state index in [0.29, 0.717) is 36.2 Å². The van der Waals surface area contributed by atoms with Crippen molar-refractivity contribution in [1.82, 2.24) is 19.9 Å². The predicted octanol–water partition coefficient (Wildman–Crippen LogP) is 7.41. The van der Waals surface area contributed by atoms with Gasteiger partial charge >= 0.3 is 0 Å². The molecular formula is C38H54N6O6S2. The summed E-state index contributed by atoms with van der Waals surface area (Å²) in [6.07, 6.45) is 7.85. The van der Waals surface area contributed by atoms with E-state index in [1.165, 1.54) is 11.1 Å². The zero-order valence-corrected chi connectivity index (χ0v) is 34.1. The van der Waals surface area contributed by atoms with E-state index in [4.69, 9.17) is 18.9 Å². The van der Waals surface area contributed by atoms with E-state index >= 15 is 0 Å². The van der Waals surface area contributed by atoms with E-state index in [1.54, 1.807) is 46.4 Å². The maximum atomic E-state index is 11.8. The largest absolute Gasteiger partial charge is 0.493 e. The van der Waals surface area contributed by atoms with E-state index in [1.807, 2.05) is 31.5 Å². The summed E-state index contributed by atoms with van der Waals surface area (Å²) in [5.74, 6) is 4.91. The first kappa shape index (κ1) is 42.1. The molecule has 52 heavy (non-hydrogen) atoms. The van der Waals surface area contributed by atoms with Crippen LogP contribution < -0.4 is 29.6 Å². The number of hydrogen-bond donors (Lipinski definition) is 2. The van der Waals surface area contributed by atoms with E-state index < -0.39 is 9.84 Å². The molecule has 0 unspecified atom stereocenters. The SMILES string of the molecule is CCNc1nc(S(C)(=O)=O)ncc1Cc1cc(OC)c(OC)cc1C(C)C.CCNc1nc(SC)ncc1Cc1cc(OC)c(OC)cc1C(C)C. The Bertz CT molecular complexity index is 1900. The maximum Gasteiger partial charge on any atom is 0.248 e. The quantitative estimate of drug-likeness (QED) is 0.0866. The van der Waals surface area contributed by atoms with Crippen LogP contribution in [0.25, 0.3) is 0 Å². The highest BCUT2D eigenvalue weighted by molar-refractivity contribution is 7.98. The highest BCUT2D eigenvalue weighted by Crippen LogP contribution is 2.37. The fourth-order valence-electron chi connectivity index (χ4n) is 5.62. The normalized spacial score (nSPS) is 11.2. The average molecular weight is 755 g/mol. The lowest BCUT2D eigenvalue weighted by Crippen LogP contribution is -2.11. The zero-order valence-electron chi connectivity index (χ0n) is 32.5. The monoisotopic (exact) mass is 754 g/mol. The second-order valence-electron chi connectivity index (χ2n) is 12.6. The number of nitrogens with one attached hydrogen (secondary N) is 2. The average Bonchev–Trinajstić information content (AvgIpc) is 3.12. The van der Waals surface area contributed by atoms with Gasteiger partial charge in [-0.15, -0.1) is 0 Å². The molecule has 2 aromatic carbocycles. The predicted molar refractivity (Wildman–Crippen MR) is 210 cm³/mol. The number of anilines is 2. The summed E-state index contributed by atoms with van der Waals surface area (Å²) < 4.78 is 45.4. The third-order valence-corrected chi connectivity index (χ3v) is 9.61. The molecule has 0 radical (unpaired) electrons. The Morgan fingerprint density at radius 1 is 0.654 bits per heavy atom. The summed E-state index contributed by atoms with van der Waals surface area (Å²) in [6.45, 7) is 14.0. The molecule has 0 aliphatic heterocycles. The third-order valence-electron chi connectivity index (χ3n) is 8.18. The summed E-state index contributed by atoms with van der Waals surface area (Å²) >= 11 is 1.54. The smallest absolute Gasteiger partial charge is 0.248 e. The van der Waals surface area contributed by atoms with Gasteiger partial charge in [0.1, 0.15) is 11.6 Å². The number of sulfone groups is 1. The van der Waals surface area contributed by atoms with Crippen LogP contribution in [0.5, 0.6) is 23.0 Å². The number of thioether (sulfide) groups is 1. The first-order valence-corrected chi connectivity index (χ1v) is 20.3. The van der Waals surface area contributed by atoms with Gasteiger partial charge in [-0.05, 0) is 78.5 Å². The number of methoxy groups -OCH3 is 4. The Hall–Kier alpha value is -4.30. The Labute approximate surface area is 313 Å². The van der Waals surface area contributed by atoms with Crippen molar-refractivity contribution in [2.45, 2.75) is 76.5 Å². The summed E-state index contributed by atoms with van der Waals surface area (Å²) in [5.41, 5.74) is 6.52. The molecule has 0 atom stereocenters. The molecule has 12 nitrogen and oxygen atoms in total. The van der Waals surface area contributed by atoms with Gasteiger partial charge in [0, 0.05) is 55.7 Å². The van der Waals surface area contributed by atoms with Crippen LogP contribution in [-0.4, -0.2) is 82.4 Å². The second kappa shape index (κ2) is 19.5. The third kappa shape index (κ3) is 10.9. The van der Waals surface area contributed by atoms with Gasteiger partial charge in [0.25, 0.3) is 0 Å². The van der Waals surface area contributed by atoms with Gasteiger partial charge in [-0.3, -0.25) is 0 Å². The summed E-state index contributed by atoms with van der Waals surface area (Å²) in [7, 11) is 3.07. The molecular weight excluding hydrogens is 701 g/mol. The molecule has 4 rings (SSSR count). The van der Waals surface area contributed by atoms with Gasteiger partial charge in [-0.25, -0.2) is 28.4 Å². The molecule has 4 aromatic rings. The molecule has 2 aromatic heterocycles. The van der Waals surface area contributed by atoms with Crippen LogP contribution in [0.3, 0.4) is 0 Å². The van der Waals surface area contributed by atoms with E-state index in [-0.39, 0.29) is 11.1 Å². The molecule has 0 spiro atoms. The Balaban J connectivity index is 0.000000281. The van der Waals surface area contributed by atoms with E-state index in [2.05, 4.69) is 77.3 Å². The Morgan fingerprint density at radius 3 is 1.42 bits per heavy atom. The van der Waals surface area contributed by atoms with Gasteiger partial charge < -0.3 is 29.6 Å². The highest BCUT2D eigenvalue weighted by atomic mass is 32.2.